The molecule has 0 saturated carbocycles. The van der Waals surface area contributed by atoms with E-state index in [1.807, 2.05) is 12.1 Å². The average molecular weight is 432 g/mol. The molecule has 2 aromatic rings. The Morgan fingerprint density at radius 1 is 1.10 bits per heavy atom. The molecule has 2 aromatic carbocycles. The molecule has 0 aliphatic carbocycles. The Labute approximate surface area is 140 Å². The van der Waals surface area contributed by atoms with Gasteiger partial charge in [-0.25, -0.2) is 8.42 Å². The van der Waals surface area contributed by atoms with Gasteiger partial charge in [0.25, 0.3) is 10.0 Å². The normalized spacial score (nSPS) is 13.6. The third-order valence-corrected chi connectivity index (χ3v) is 6.12. The fourth-order valence-corrected chi connectivity index (χ4v) is 4.81. The summed E-state index contributed by atoms with van der Waals surface area (Å²) in [5, 5.41) is 3.25. The van der Waals surface area contributed by atoms with Crippen LogP contribution in [0.1, 0.15) is 5.56 Å². The maximum atomic E-state index is 12.5. The van der Waals surface area contributed by atoms with Crippen LogP contribution in [-0.2, 0) is 16.4 Å². The molecule has 0 bridgehead atoms. The van der Waals surface area contributed by atoms with Gasteiger partial charge >= 0.3 is 0 Å². The number of benzene rings is 2. The molecule has 2 N–H and O–H groups in total. The summed E-state index contributed by atoms with van der Waals surface area (Å²) in [5.41, 5.74) is 2.77. The molecule has 1 aliphatic rings. The van der Waals surface area contributed by atoms with E-state index in [9.17, 15) is 8.42 Å². The van der Waals surface area contributed by atoms with E-state index in [1.165, 1.54) is 0 Å². The Bertz CT molecular complexity index is 807. The molecule has 4 nitrogen and oxygen atoms in total. The van der Waals surface area contributed by atoms with Gasteiger partial charge in [0.1, 0.15) is 4.90 Å². The largest absolute Gasteiger partial charge is 0.384 e. The first-order valence-electron chi connectivity index (χ1n) is 6.30. The third kappa shape index (κ3) is 3.09. The molecule has 0 radical (unpaired) electrons. The molecule has 1 heterocycles. The Hall–Kier alpha value is -1.05. The lowest BCUT2D eigenvalue weighted by atomic mass is 10.1. The monoisotopic (exact) mass is 430 g/mol. The minimum absolute atomic E-state index is 0.204. The van der Waals surface area contributed by atoms with Crippen molar-refractivity contribution in [3.8, 4) is 0 Å². The number of fused-ring (bicyclic) bond motifs is 1. The molecule has 0 spiro atoms. The third-order valence-electron chi connectivity index (χ3n) is 3.25. The predicted octanol–water partition coefficient (Wildman–Crippen LogP) is 3.98. The molecular weight excluding hydrogens is 420 g/mol. The van der Waals surface area contributed by atoms with Crippen LogP contribution in [0.5, 0.6) is 0 Å². The molecule has 110 valence electrons. The quantitative estimate of drug-likeness (QED) is 0.772. The highest BCUT2D eigenvalue weighted by Crippen LogP contribution is 2.29. The predicted molar refractivity (Wildman–Crippen MR) is 91.3 cm³/mol. The van der Waals surface area contributed by atoms with Gasteiger partial charge in [0, 0.05) is 26.9 Å². The first-order valence-corrected chi connectivity index (χ1v) is 9.37. The summed E-state index contributed by atoms with van der Waals surface area (Å²) < 4.78 is 28.9. The Morgan fingerprint density at radius 2 is 1.90 bits per heavy atom. The molecule has 0 saturated heterocycles. The molecule has 7 heteroatoms. The van der Waals surface area contributed by atoms with Gasteiger partial charge < -0.3 is 5.32 Å². The fraction of sp³-hybridized carbons (Fsp3) is 0.143. The zero-order valence-corrected chi connectivity index (χ0v) is 14.8. The van der Waals surface area contributed by atoms with Crippen molar-refractivity contribution in [3.05, 3.63) is 50.9 Å². The second kappa shape index (κ2) is 5.62. The van der Waals surface area contributed by atoms with Gasteiger partial charge in [-0.1, -0.05) is 15.9 Å². The summed E-state index contributed by atoms with van der Waals surface area (Å²) in [6.07, 6.45) is 0.908. The minimum atomic E-state index is -3.63. The molecule has 0 amide bonds. The molecule has 0 aromatic heterocycles. The molecule has 1 aliphatic heterocycles. The Morgan fingerprint density at radius 3 is 2.71 bits per heavy atom. The van der Waals surface area contributed by atoms with Crippen molar-refractivity contribution in [1.29, 1.82) is 0 Å². The van der Waals surface area contributed by atoms with E-state index in [1.54, 1.807) is 24.3 Å². The first kappa shape index (κ1) is 14.9. The van der Waals surface area contributed by atoms with Crippen molar-refractivity contribution in [2.75, 3.05) is 16.6 Å². The number of hydrogen-bond acceptors (Lipinski definition) is 3. The van der Waals surface area contributed by atoms with Crippen LogP contribution in [0.4, 0.5) is 11.4 Å². The van der Waals surface area contributed by atoms with Gasteiger partial charge in [-0.2, -0.15) is 0 Å². The highest BCUT2D eigenvalue weighted by Gasteiger charge is 2.19. The lowest BCUT2D eigenvalue weighted by molar-refractivity contribution is 0.600. The number of nitrogens with one attached hydrogen (secondary N) is 2. The molecule has 3 rings (SSSR count). The second-order valence-corrected chi connectivity index (χ2v) is 8.15. The Kier molecular flexibility index (Phi) is 3.98. The van der Waals surface area contributed by atoms with E-state index in [4.69, 9.17) is 0 Å². The van der Waals surface area contributed by atoms with Crippen LogP contribution in [0.3, 0.4) is 0 Å². The van der Waals surface area contributed by atoms with E-state index in [2.05, 4.69) is 41.9 Å². The second-order valence-electron chi connectivity index (χ2n) is 4.73. The van der Waals surface area contributed by atoms with Crippen molar-refractivity contribution in [1.82, 2.24) is 0 Å². The van der Waals surface area contributed by atoms with Crippen molar-refractivity contribution >= 4 is 53.3 Å². The van der Waals surface area contributed by atoms with E-state index >= 15 is 0 Å². The number of halogens is 2. The number of hydrogen-bond donors (Lipinski definition) is 2. The standard InChI is InChI=1S/C14H12Br2N2O2S/c15-10-1-3-12(16)14(8-10)21(19,20)18-11-2-4-13-9(7-11)5-6-17-13/h1-4,7-8,17-18H,5-6H2. The van der Waals surface area contributed by atoms with Gasteiger partial charge in [0.15, 0.2) is 0 Å². The lowest BCUT2D eigenvalue weighted by Crippen LogP contribution is -2.13. The van der Waals surface area contributed by atoms with Crippen molar-refractivity contribution < 1.29 is 8.42 Å². The van der Waals surface area contributed by atoms with Crippen LogP contribution in [0.25, 0.3) is 0 Å². The summed E-state index contributed by atoms with van der Waals surface area (Å²) in [5.74, 6) is 0. The van der Waals surface area contributed by atoms with Gasteiger partial charge in [0.05, 0.1) is 0 Å². The van der Waals surface area contributed by atoms with E-state index in [-0.39, 0.29) is 4.90 Å². The zero-order chi connectivity index (χ0) is 15.0. The van der Waals surface area contributed by atoms with Crippen molar-refractivity contribution in [2.24, 2.45) is 0 Å². The van der Waals surface area contributed by atoms with Gasteiger partial charge in [-0.15, -0.1) is 0 Å². The lowest BCUT2D eigenvalue weighted by Gasteiger charge is -2.11. The van der Waals surface area contributed by atoms with Crippen molar-refractivity contribution in [2.45, 2.75) is 11.3 Å². The summed E-state index contributed by atoms with van der Waals surface area (Å²) in [6, 6.07) is 10.6. The summed E-state index contributed by atoms with van der Waals surface area (Å²) in [4.78, 5) is 0.204. The van der Waals surface area contributed by atoms with Crippen LogP contribution in [0.15, 0.2) is 50.2 Å². The number of rotatable bonds is 3. The average Bonchev–Trinajstić information content (AvgIpc) is 2.88. The number of sulfonamides is 1. The topological polar surface area (TPSA) is 58.2 Å². The van der Waals surface area contributed by atoms with Gasteiger partial charge in [-0.05, 0) is 64.3 Å². The summed E-state index contributed by atoms with van der Waals surface area (Å²) in [7, 11) is -3.63. The molecule has 21 heavy (non-hydrogen) atoms. The van der Waals surface area contributed by atoms with E-state index in [0.29, 0.717) is 14.6 Å². The molecule has 0 unspecified atom stereocenters. The Balaban J connectivity index is 1.94. The highest BCUT2D eigenvalue weighted by molar-refractivity contribution is 9.11. The van der Waals surface area contributed by atoms with Crippen LogP contribution in [0.2, 0.25) is 0 Å². The van der Waals surface area contributed by atoms with Gasteiger partial charge in [0.2, 0.25) is 0 Å². The maximum Gasteiger partial charge on any atom is 0.263 e. The SMILES string of the molecule is O=S(=O)(Nc1ccc2c(c1)CCN2)c1cc(Br)ccc1Br. The van der Waals surface area contributed by atoms with Crippen LogP contribution in [0, 0.1) is 0 Å². The number of anilines is 2. The molecule has 0 atom stereocenters. The van der Waals surface area contributed by atoms with Crippen molar-refractivity contribution in [3.63, 3.8) is 0 Å². The van der Waals surface area contributed by atoms with Gasteiger partial charge in [-0.3, -0.25) is 4.72 Å². The smallest absolute Gasteiger partial charge is 0.263 e. The zero-order valence-electron chi connectivity index (χ0n) is 10.9. The molecular formula is C14H12Br2N2O2S. The maximum absolute atomic E-state index is 12.5. The molecule has 0 fully saturated rings. The summed E-state index contributed by atoms with van der Waals surface area (Å²) in [6.45, 7) is 0.892. The van der Waals surface area contributed by atoms with E-state index < -0.39 is 10.0 Å². The van der Waals surface area contributed by atoms with Crippen LogP contribution < -0.4 is 10.0 Å². The highest BCUT2D eigenvalue weighted by atomic mass is 79.9. The van der Waals surface area contributed by atoms with E-state index in [0.717, 1.165) is 24.2 Å². The minimum Gasteiger partial charge on any atom is -0.384 e. The van der Waals surface area contributed by atoms with Crippen LogP contribution in [-0.4, -0.2) is 15.0 Å². The summed E-state index contributed by atoms with van der Waals surface area (Å²) >= 11 is 6.57. The van der Waals surface area contributed by atoms with Crippen LogP contribution >= 0.6 is 31.9 Å². The first-order chi connectivity index (χ1) is 9.95. The fourth-order valence-electron chi connectivity index (χ4n) is 2.26.